The molecule has 1 aliphatic carbocycles. The van der Waals surface area contributed by atoms with Gasteiger partial charge in [0.05, 0.1) is 0 Å². The minimum absolute atomic E-state index is 0.0802. The molecule has 0 aliphatic heterocycles. The molecular weight excluding hydrogens is 194 g/mol. The molecule has 1 saturated carbocycles. The van der Waals surface area contributed by atoms with Gasteiger partial charge in [0.2, 0.25) is 5.91 Å². The second-order valence-corrected chi connectivity index (χ2v) is 4.89. The average molecular weight is 213 g/mol. The Morgan fingerprint density at radius 2 is 2.00 bits per heavy atom. The van der Waals surface area contributed by atoms with Gasteiger partial charge >= 0.3 is 5.97 Å². The molecule has 0 unspecified atom stereocenters. The quantitative estimate of drug-likeness (QED) is 0.728. The second kappa shape index (κ2) is 4.64. The zero-order chi connectivity index (χ0) is 11.5. The fraction of sp³-hybridized carbons (Fsp3) is 0.818. The maximum Gasteiger partial charge on any atom is 0.303 e. The average Bonchev–Trinajstić information content (AvgIpc) is 1.96. The van der Waals surface area contributed by atoms with E-state index in [2.05, 4.69) is 5.32 Å². The molecule has 1 amide bonds. The largest absolute Gasteiger partial charge is 0.481 e. The fourth-order valence-electron chi connectivity index (χ4n) is 1.59. The highest BCUT2D eigenvalue weighted by molar-refractivity contribution is 5.80. The summed E-state index contributed by atoms with van der Waals surface area (Å²) in [6, 6.07) is 0. The van der Waals surface area contributed by atoms with E-state index in [1.807, 2.05) is 13.8 Å². The second-order valence-electron chi connectivity index (χ2n) is 4.89. The number of hydrogen-bond acceptors (Lipinski definition) is 2. The Hall–Kier alpha value is -1.06. The van der Waals surface area contributed by atoms with Gasteiger partial charge in [0, 0.05) is 17.9 Å². The molecule has 0 aromatic heterocycles. The first-order chi connectivity index (χ1) is 6.91. The number of carbonyl (C=O) groups excluding carboxylic acids is 1. The Kier molecular flexibility index (Phi) is 3.72. The van der Waals surface area contributed by atoms with Crippen molar-refractivity contribution in [1.82, 2.24) is 5.32 Å². The predicted octanol–water partition coefficient (Wildman–Crippen LogP) is 1.55. The molecule has 2 N–H and O–H groups in total. The van der Waals surface area contributed by atoms with Crippen molar-refractivity contribution in [3.05, 3.63) is 0 Å². The van der Waals surface area contributed by atoms with E-state index < -0.39 is 11.5 Å². The summed E-state index contributed by atoms with van der Waals surface area (Å²) in [5, 5.41) is 11.5. The van der Waals surface area contributed by atoms with E-state index in [9.17, 15) is 9.59 Å². The van der Waals surface area contributed by atoms with Gasteiger partial charge in [-0.1, -0.05) is 6.42 Å². The van der Waals surface area contributed by atoms with Crippen LogP contribution in [0.25, 0.3) is 0 Å². The normalized spacial score (nSPS) is 16.9. The highest BCUT2D eigenvalue weighted by Gasteiger charge is 2.29. The Morgan fingerprint density at radius 3 is 2.40 bits per heavy atom. The topological polar surface area (TPSA) is 66.4 Å². The van der Waals surface area contributed by atoms with Crippen LogP contribution in [0.15, 0.2) is 0 Å². The lowest BCUT2D eigenvalue weighted by molar-refractivity contribution is -0.138. The third-order valence-corrected chi connectivity index (χ3v) is 2.90. The summed E-state index contributed by atoms with van der Waals surface area (Å²) < 4.78 is 0. The molecule has 1 fully saturated rings. The minimum Gasteiger partial charge on any atom is -0.481 e. The van der Waals surface area contributed by atoms with Crippen molar-refractivity contribution in [2.24, 2.45) is 5.92 Å². The van der Waals surface area contributed by atoms with Gasteiger partial charge < -0.3 is 10.4 Å². The van der Waals surface area contributed by atoms with Crippen LogP contribution in [0.1, 0.15) is 46.0 Å². The monoisotopic (exact) mass is 213 g/mol. The lowest BCUT2D eigenvalue weighted by Gasteiger charge is -2.31. The van der Waals surface area contributed by atoms with E-state index in [1.54, 1.807) is 0 Å². The lowest BCUT2D eigenvalue weighted by Crippen LogP contribution is -2.47. The zero-order valence-corrected chi connectivity index (χ0v) is 9.38. The van der Waals surface area contributed by atoms with Crippen LogP contribution in [-0.2, 0) is 9.59 Å². The fourth-order valence-corrected chi connectivity index (χ4v) is 1.59. The third-order valence-electron chi connectivity index (χ3n) is 2.90. The van der Waals surface area contributed by atoms with Crippen molar-refractivity contribution in [2.75, 3.05) is 0 Å². The maximum absolute atomic E-state index is 11.6. The number of amides is 1. The van der Waals surface area contributed by atoms with Gasteiger partial charge in [-0.2, -0.15) is 0 Å². The van der Waals surface area contributed by atoms with Crippen molar-refractivity contribution in [3.8, 4) is 0 Å². The number of hydrogen-bond donors (Lipinski definition) is 2. The van der Waals surface area contributed by atoms with Crippen molar-refractivity contribution in [2.45, 2.75) is 51.5 Å². The zero-order valence-electron chi connectivity index (χ0n) is 9.38. The van der Waals surface area contributed by atoms with Crippen LogP contribution < -0.4 is 5.32 Å². The first-order valence-corrected chi connectivity index (χ1v) is 5.44. The molecular formula is C11H19NO3. The summed E-state index contributed by atoms with van der Waals surface area (Å²) in [5.74, 6) is -0.577. The van der Waals surface area contributed by atoms with Crippen LogP contribution in [-0.4, -0.2) is 22.5 Å². The van der Waals surface area contributed by atoms with Crippen LogP contribution in [0.4, 0.5) is 0 Å². The molecule has 4 nitrogen and oxygen atoms in total. The molecule has 4 heteroatoms. The molecule has 15 heavy (non-hydrogen) atoms. The number of aliphatic carboxylic acids is 1. The SMILES string of the molecule is CC(C)(CCC(=O)O)NC(=O)C1CCC1. The van der Waals surface area contributed by atoms with Crippen LogP contribution in [0.5, 0.6) is 0 Å². The predicted molar refractivity (Wildman–Crippen MR) is 56.4 cm³/mol. The van der Waals surface area contributed by atoms with Gasteiger partial charge in [-0.05, 0) is 33.1 Å². The van der Waals surface area contributed by atoms with Crippen LogP contribution in [0.3, 0.4) is 0 Å². The van der Waals surface area contributed by atoms with Gasteiger partial charge in [0.25, 0.3) is 0 Å². The van der Waals surface area contributed by atoms with E-state index in [0.717, 1.165) is 19.3 Å². The van der Waals surface area contributed by atoms with E-state index >= 15 is 0 Å². The molecule has 0 bridgehead atoms. The summed E-state index contributed by atoms with van der Waals surface area (Å²) in [7, 11) is 0. The molecule has 1 rings (SSSR count). The van der Waals surface area contributed by atoms with E-state index in [1.165, 1.54) is 0 Å². The molecule has 0 heterocycles. The number of nitrogens with one attached hydrogen (secondary N) is 1. The third kappa shape index (κ3) is 3.90. The molecule has 0 aromatic carbocycles. The van der Waals surface area contributed by atoms with Crippen molar-refractivity contribution < 1.29 is 14.7 Å². The molecule has 0 radical (unpaired) electrons. The van der Waals surface area contributed by atoms with Crippen molar-refractivity contribution in [1.29, 1.82) is 0 Å². The molecule has 0 aromatic rings. The summed E-state index contributed by atoms with van der Waals surface area (Å²) >= 11 is 0. The van der Waals surface area contributed by atoms with Crippen LogP contribution in [0.2, 0.25) is 0 Å². The number of carboxylic acids is 1. The van der Waals surface area contributed by atoms with E-state index in [-0.39, 0.29) is 18.2 Å². The Balaban J connectivity index is 2.33. The summed E-state index contributed by atoms with van der Waals surface area (Å²) in [6.07, 6.45) is 3.65. The van der Waals surface area contributed by atoms with Gasteiger partial charge in [-0.25, -0.2) is 0 Å². The molecule has 0 spiro atoms. The smallest absolute Gasteiger partial charge is 0.303 e. The standard InChI is InChI=1S/C11H19NO3/c1-11(2,7-6-9(13)14)12-10(15)8-4-3-5-8/h8H,3-7H2,1-2H3,(H,12,15)(H,13,14). The van der Waals surface area contributed by atoms with Gasteiger partial charge in [-0.3, -0.25) is 9.59 Å². The number of carboxylic acid groups (broad SMARTS) is 1. The number of carbonyl (C=O) groups is 2. The van der Waals surface area contributed by atoms with Crippen LogP contribution in [0, 0.1) is 5.92 Å². The van der Waals surface area contributed by atoms with Gasteiger partial charge in [0.1, 0.15) is 0 Å². The Bertz CT molecular complexity index is 257. The van der Waals surface area contributed by atoms with E-state index in [0.29, 0.717) is 6.42 Å². The summed E-state index contributed by atoms with van der Waals surface area (Å²) in [5.41, 5.74) is -0.412. The van der Waals surface area contributed by atoms with Crippen molar-refractivity contribution >= 4 is 11.9 Å². The van der Waals surface area contributed by atoms with Gasteiger partial charge in [-0.15, -0.1) is 0 Å². The summed E-state index contributed by atoms with van der Waals surface area (Å²) in [6.45, 7) is 3.74. The van der Waals surface area contributed by atoms with E-state index in [4.69, 9.17) is 5.11 Å². The molecule has 1 aliphatic rings. The Labute approximate surface area is 90.0 Å². The first kappa shape index (κ1) is 12.0. The molecule has 0 atom stereocenters. The molecule has 86 valence electrons. The Morgan fingerprint density at radius 1 is 1.40 bits per heavy atom. The summed E-state index contributed by atoms with van der Waals surface area (Å²) in [4.78, 5) is 22.0. The lowest BCUT2D eigenvalue weighted by atomic mass is 9.84. The highest BCUT2D eigenvalue weighted by Crippen LogP contribution is 2.27. The highest BCUT2D eigenvalue weighted by atomic mass is 16.4. The van der Waals surface area contributed by atoms with Crippen molar-refractivity contribution in [3.63, 3.8) is 0 Å². The minimum atomic E-state index is -0.819. The number of rotatable bonds is 5. The first-order valence-electron chi connectivity index (χ1n) is 5.44. The maximum atomic E-state index is 11.6. The van der Waals surface area contributed by atoms with Crippen LogP contribution >= 0.6 is 0 Å². The van der Waals surface area contributed by atoms with Gasteiger partial charge in [0.15, 0.2) is 0 Å². The molecule has 0 saturated heterocycles.